The fourth-order valence-corrected chi connectivity index (χ4v) is 6.53. The third kappa shape index (κ3) is 6.10. The second kappa shape index (κ2) is 11.6. The number of ether oxygens (including phenoxy) is 2. The Kier molecular flexibility index (Phi) is 8.63. The zero-order chi connectivity index (χ0) is 28.4. The monoisotopic (exact) mass is 574 g/mol. The van der Waals surface area contributed by atoms with E-state index in [1.165, 1.54) is 10.9 Å². The third-order valence-corrected chi connectivity index (χ3v) is 8.54. The molecule has 0 radical (unpaired) electrons. The van der Waals surface area contributed by atoms with E-state index in [2.05, 4.69) is 16.0 Å². The molecule has 208 valence electrons. The van der Waals surface area contributed by atoms with Crippen molar-refractivity contribution >= 4 is 41.1 Å². The van der Waals surface area contributed by atoms with Gasteiger partial charge in [0.05, 0.1) is 30.2 Å². The van der Waals surface area contributed by atoms with Crippen LogP contribution in [0.3, 0.4) is 0 Å². The average molecular weight is 575 g/mol. The number of nitrogen functional groups attached to an aromatic ring is 1. The van der Waals surface area contributed by atoms with Crippen LogP contribution in [0.5, 0.6) is 5.75 Å². The summed E-state index contributed by atoms with van der Waals surface area (Å²) in [6, 6.07) is 13.0. The Labute approximate surface area is 231 Å². The number of carbonyl (C=O) groups is 1. The van der Waals surface area contributed by atoms with E-state index in [1.807, 2.05) is 6.07 Å². The van der Waals surface area contributed by atoms with Crippen molar-refractivity contribution < 1.29 is 33.5 Å². The summed E-state index contributed by atoms with van der Waals surface area (Å²) in [6.45, 7) is 1.30. The molecule has 1 unspecified atom stereocenters. The van der Waals surface area contributed by atoms with Gasteiger partial charge in [-0.2, -0.15) is 0 Å². The van der Waals surface area contributed by atoms with Crippen molar-refractivity contribution in [2.75, 3.05) is 12.3 Å². The molecule has 13 heteroatoms. The first kappa shape index (κ1) is 29.0. The molecule has 3 aromatic rings. The number of fused-ring (bicyclic) bond motifs is 1. The normalized spacial score (nSPS) is 25.2. The fourth-order valence-electron chi connectivity index (χ4n) is 4.11. The number of aromatic nitrogens is 2. The molecule has 1 aliphatic rings. The van der Waals surface area contributed by atoms with Crippen LogP contribution in [0.4, 0.5) is 5.69 Å². The van der Waals surface area contributed by atoms with E-state index in [0.717, 1.165) is 0 Å². The number of aliphatic hydroxyl groups excluding tert-OH is 1. The van der Waals surface area contributed by atoms with Gasteiger partial charge >= 0.3 is 12.6 Å². The van der Waals surface area contributed by atoms with Crippen molar-refractivity contribution in [1.29, 1.82) is 0 Å². The van der Waals surface area contributed by atoms with E-state index in [4.69, 9.17) is 42.5 Å². The number of para-hydroxylation sites is 2. The summed E-state index contributed by atoms with van der Waals surface area (Å²) < 4.78 is 24.8. The Morgan fingerprint density at radius 3 is 2.69 bits per heavy atom. The molecule has 0 bridgehead atoms. The van der Waals surface area contributed by atoms with Crippen molar-refractivity contribution in [1.82, 2.24) is 14.6 Å². The zero-order valence-corrected chi connectivity index (χ0v) is 23.3. The highest BCUT2D eigenvalue weighted by molar-refractivity contribution is 8.09. The molecule has 39 heavy (non-hydrogen) atoms. The van der Waals surface area contributed by atoms with Gasteiger partial charge in [0.15, 0.2) is 11.8 Å². The van der Waals surface area contributed by atoms with Gasteiger partial charge in [-0.1, -0.05) is 30.2 Å². The van der Waals surface area contributed by atoms with Crippen LogP contribution in [0.15, 0.2) is 54.9 Å². The van der Waals surface area contributed by atoms with E-state index >= 15 is 0 Å². The molecular formula is C26H31N4O7PS. The second-order valence-electron chi connectivity index (χ2n) is 9.34. The van der Waals surface area contributed by atoms with Crippen LogP contribution in [0.2, 0.25) is 0 Å². The molecule has 1 aliphatic heterocycles. The van der Waals surface area contributed by atoms with E-state index < -0.39 is 42.7 Å². The highest BCUT2D eigenvalue weighted by Crippen LogP contribution is 2.47. The van der Waals surface area contributed by atoms with Gasteiger partial charge in [-0.25, -0.2) is 10.1 Å². The Bertz CT molecular complexity index is 1410. The van der Waals surface area contributed by atoms with Crippen molar-refractivity contribution in [3.8, 4) is 18.1 Å². The number of esters is 1. The maximum absolute atomic E-state index is 12.5. The average Bonchev–Trinajstić information content (AvgIpc) is 3.43. The smallest absolute Gasteiger partial charge is 0.323 e. The summed E-state index contributed by atoms with van der Waals surface area (Å²) in [7, 11) is 0. The van der Waals surface area contributed by atoms with Gasteiger partial charge in [-0.15, -0.1) is 6.42 Å². The van der Waals surface area contributed by atoms with Crippen molar-refractivity contribution in [2.24, 2.45) is 0 Å². The molecule has 11 nitrogen and oxygen atoms in total. The predicted molar refractivity (Wildman–Crippen MR) is 149 cm³/mol. The Morgan fingerprint density at radius 2 is 2.03 bits per heavy atom. The predicted octanol–water partition coefficient (Wildman–Crippen LogP) is 2.49. The standard InChI is InChI=1S/C26H31N4O7PS/c1-5-26(33)23(31)21(36-25(26)30-15-28-22-19(27)12-9-13-20(22)30)14-34-38(39,37-18-10-7-6-8-11-18)29-17(4)24(32)35-16(2)3/h1,6-13,15-17,21,23,25,31,33H,14,27H2,2-4H3,(H,29,39)/t17-,21+,23+,25+,26+,38?/m0/s1. The number of terminal acetylenes is 1. The Hall–Kier alpha value is -3.01. The quantitative estimate of drug-likeness (QED) is 0.122. The van der Waals surface area contributed by atoms with Gasteiger partial charge in [0.2, 0.25) is 0 Å². The number of carbonyl (C=O) groups excluding carboxylic acids is 1. The lowest BCUT2D eigenvalue weighted by atomic mass is 9.95. The van der Waals surface area contributed by atoms with Crippen molar-refractivity contribution in [3.63, 3.8) is 0 Å². The lowest BCUT2D eigenvalue weighted by Gasteiger charge is -2.28. The maximum Gasteiger partial charge on any atom is 0.323 e. The highest BCUT2D eigenvalue weighted by Gasteiger charge is 2.56. The first-order valence-electron chi connectivity index (χ1n) is 12.2. The van der Waals surface area contributed by atoms with Crippen LogP contribution in [-0.2, 0) is 30.6 Å². The second-order valence-corrected chi connectivity index (χ2v) is 12.5. The SMILES string of the molecule is C#C[C@@]1(O)[C@H](O)[C@@H](COP(=S)(N[C@@H](C)C(=O)OC(C)C)Oc2ccccc2)O[C@H]1n1cnc2c(N)cccc21. The molecule has 1 fully saturated rings. The molecule has 2 heterocycles. The minimum Gasteiger partial charge on any atom is -0.462 e. The lowest BCUT2D eigenvalue weighted by Crippen LogP contribution is -2.46. The number of hydrogen-bond acceptors (Lipinski definition) is 10. The third-order valence-electron chi connectivity index (χ3n) is 6.04. The number of aliphatic hydroxyl groups is 2. The molecule has 0 amide bonds. The van der Waals surface area contributed by atoms with Gasteiger partial charge < -0.3 is 34.5 Å². The topological polar surface area (TPSA) is 150 Å². The largest absolute Gasteiger partial charge is 0.462 e. The number of imidazole rings is 1. The van der Waals surface area contributed by atoms with E-state index in [0.29, 0.717) is 22.5 Å². The molecule has 1 aromatic heterocycles. The lowest BCUT2D eigenvalue weighted by molar-refractivity contribution is -0.149. The molecule has 0 saturated carbocycles. The number of benzene rings is 2. The number of rotatable bonds is 10. The number of nitrogens with two attached hydrogens (primary N) is 1. The molecule has 1 saturated heterocycles. The van der Waals surface area contributed by atoms with Crippen LogP contribution in [0.25, 0.3) is 11.0 Å². The first-order chi connectivity index (χ1) is 18.5. The van der Waals surface area contributed by atoms with Crippen LogP contribution in [0, 0.1) is 12.3 Å². The summed E-state index contributed by atoms with van der Waals surface area (Å²) in [6.07, 6.45) is 2.89. The first-order valence-corrected chi connectivity index (χ1v) is 14.8. The maximum atomic E-state index is 12.5. The number of anilines is 1. The Balaban J connectivity index is 1.57. The summed E-state index contributed by atoms with van der Waals surface area (Å²) in [5, 5.41) is 25.3. The van der Waals surface area contributed by atoms with Gasteiger partial charge in [-0.05, 0) is 56.8 Å². The summed E-state index contributed by atoms with van der Waals surface area (Å²) in [4.78, 5) is 16.8. The van der Waals surface area contributed by atoms with E-state index in [1.54, 1.807) is 63.2 Å². The van der Waals surface area contributed by atoms with Crippen molar-refractivity contribution in [2.45, 2.75) is 57.0 Å². The molecule has 0 aliphatic carbocycles. The summed E-state index contributed by atoms with van der Waals surface area (Å²) >= 11 is 5.72. The molecular weight excluding hydrogens is 543 g/mol. The fraction of sp³-hybridized carbons (Fsp3) is 0.385. The van der Waals surface area contributed by atoms with Crippen LogP contribution in [0.1, 0.15) is 27.0 Å². The highest BCUT2D eigenvalue weighted by atomic mass is 32.5. The van der Waals surface area contributed by atoms with Gasteiger partial charge in [-0.3, -0.25) is 9.36 Å². The van der Waals surface area contributed by atoms with E-state index in [-0.39, 0.29) is 12.7 Å². The van der Waals surface area contributed by atoms with Gasteiger partial charge in [0, 0.05) is 0 Å². The summed E-state index contributed by atoms with van der Waals surface area (Å²) in [5.41, 5.74) is 5.37. The van der Waals surface area contributed by atoms with Crippen LogP contribution in [-0.4, -0.2) is 62.3 Å². The zero-order valence-electron chi connectivity index (χ0n) is 21.6. The number of nitrogens with one attached hydrogen (secondary N) is 1. The van der Waals surface area contributed by atoms with Crippen LogP contribution < -0.4 is 15.3 Å². The van der Waals surface area contributed by atoms with Crippen LogP contribution >= 0.6 is 6.64 Å². The van der Waals surface area contributed by atoms with Crippen molar-refractivity contribution in [3.05, 3.63) is 54.9 Å². The van der Waals surface area contributed by atoms with Gasteiger partial charge in [0.1, 0.15) is 29.5 Å². The molecule has 5 N–H and O–H groups in total. The Morgan fingerprint density at radius 1 is 1.31 bits per heavy atom. The molecule has 0 spiro atoms. The summed E-state index contributed by atoms with van der Waals surface area (Å²) in [5.74, 6) is 2.13. The van der Waals surface area contributed by atoms with E-state index in [9.17, 15) is 15.0 Å². The number of hydrogen-bond donors (Lipinski definition) is 4. The minimum atomic E-state index is -3.43. The molecule has 2 aromatic carbocycles. The minimum absolute atomic E-state index is 0.320. The molecule has 4 rings (SSSR count). The molecule has 6 atom stereocenters. The number of nitrogens with zero attached hydrogens (tertiary/aromatic N) is 2. The van der Waals surface area contributed by atoms with Gasteiger partial charge in [0.25, 0.3) is 0 Å².